The topological polar surface area (TPSA) is 42.7 Å². The summed E-state index contributed by atoms with van der Waals surface area (Å²) in [5.74, 6) is 1.87. The van der Waals surface area contributed by atoms with Gasteiger partial charge in [0.25, 0.3) is 0 Å². The highest BCUT2D eigenvalue weighted by Gasteiger charge is 2.29. The molecule has 0 bridgehead atoms. The smallest absolute Gasteiger partial charge is 0.164 e. The Balaban J connectivity index is 2.00. The molecule has 0 saturated carbocycles. The molecule has 1 unspecified atom stereocenters. The Morgan fingerprint density at radius 1 is 1.30 bits per heavy atom. The Morgan fingerprint density at radius 2 is 2.15 bits per heavy atom. The zero-order valence-electron chi connectivity index (χ0n) is 12.4. The molecular formula is C15H22N4O. The van der Waals surface area contributed by atoms with Crippen LogP contribution in [0.5, 0.6) is 5.75 Å². The molecule has 0 N–H and O–H groups in total. The Bertz CT molecular complexity index is 593. The quantitative estimate of drug-likeness (QED) is 0.863. The second kappa shape index (κ2) is 5.40. The summed E-state index contributed by atoms with van der Waals surface area (Å²) in [6.45, 7) is 5.66. The van der Waals surface area contributed by atoms with E-state index in [1.807, 2.05) is 18.3 Å². The van der Waals surface area contributed by atoms with Gasteiger partial charge >= 0.3 is 0 Å². The molecule has 1 aliphatic heterocycles. The van der Waals surface area contributed by atoms with E-state index in [2.05, 4.69) is 33.3 Å². The summed E-state index contributed by atoms with van der Waals surface area (Å²) in [5, 5.41) is 8.75. The van der Waals surface area contributed by atoms with Gasteiger partial charge < -0.3 is 4.74 Å². The Hall–Kier alpha value is -1.62. The van der Waals surface area contributed by atoms with Crippen LogP contribution in [0.3, 0.4) is 0 Å². The monoisotopic (exact) mass is 274 g/mol. The average Bonchev–Trinajstić information content (AvgIpc) is 2.89. The van der Waals surface area contributed by atoms with Gasteiger partial charge in [0, 0.05) is 18.3 Å². The molecule has 0 amide bonds. The third-order valence-corrected chi connectivity index (χ3v) is 4.15. The second-order valence-corrected chi connectivity index (χ2v) is 5.70. The van der Waals surface area contributed by atoms with E-state index in [0.29, 0.717) is 12.1 Å². The van der Waals surface area contributed by atoms with Crippen LogP contribution in [-0.2, 0) is 0 Å². The number of likely N-dealkylation sites (tertiary alicyclic amines) is 1. The molecule has 0 aromatic carbocycles. The fourth-order valence-corrected chi connectivity index (χ4v) is 3.09. The number of aromatic nitrogens is 3. The van der Waals surface area contributed by atoms with E-state index in [-0.39, 0.29) is 0 Å². The number of hydrogen-bond donors (Lipinski definition) is 0. The van der Waals surface area contributed by atoms with Crippen LogP contribution in [-0.4, -0.2) is 39.2 Å². The van der Waals surface area contributed by atoms with Crippen LogP contribution in [0.1, 0.15) is 45.0 Å². The lowest BCUT2D eigenvalue weighted by Gasteiger charge is -2.37. The molecule has 3 rings (SSSR count). The lowest BCUT2D eigenvalue weighted by atomic mass is 10.00. The zero-order valence-corrected chi connectivity index (χ0v) is 12.4. The summed E-state index contributed by atoms with van der Waals surface area (Å²) >= 11 is 0. The first-order valence-corrected chi connectivity index (χ1v) is 7.35. The molecule has 0 radical (unpaired) electrons. The Labute approximate surface area is 119 Å². The van der Waals surface area contributed by atoms with Gasteiger partial charge in [0.05, 0.1) is 13.2 Å². The van der Waals surface area contributed by atoms with Crippen LogP contribution in [0.25, 0.3) is 5.65 Å². The van der Waals surface area contributed by atoms with Crippen molar-refractivity contribution in [1.82, 2.24) is 19.5 Å². The van der Waals surface area contributed by atoms with E-state index >= 15 is 0 Å². The molecule has 1 fully saturated rings. The highest BCUT2D eigenvalue weighted by Crippen LogP contribution is 2.31. The molecule has 2 aromatic heterocycles. The Morgan fingerprint density at radius 3 is 2.90 bits per heavy atom. The lowest BCUT2D eigenvalue weighted by Crippen LogP contribution is -2.39. The third-order valence-electron chi connectivity index (χ3n) is 4.15. The van der Waals surface area contributed by atoms with Crippen molar-refractivity contribution in [3.8, 4) is 5.75 Å². The minimum Gasteiger partial charge on any atom is -0.497 e. The largest absolute Gasteiger partial charge is 0.497 e. The van der Waals surface area contributed by atoms with Gasteiger partial charge in [-0.15, -0.1) is 10.2 Å². The van der Waals surface area contributed by atoms with Crippen molar-refractivity contribution in [1.29, 1.82) is 0 Å². The highest BCUT2D eigenvalue weighted by molar-refractivity contribution is 5.44. The van der Waals surface area contributed by atoms with Gasteiger partial charge in [-0.1, -0.05) is 6.42 Å². The van der Waals surface area contributed by atoms with Gasteiger partial charge in [-0.3, -0.25) is 9.30 Å². The molecular weight excluding hydrogens is 252 g/mol. The van der Waals surface area contributed by atoms with Gasteiger partial charge in [-0.25, -0.2) is 0 Å². The van der Waals surface area contributed by atoms with Gasteiger partial charge in [0.2, 0.25) is 0 Å². The van der Waals surface area contributed by atoms with Crippen LogP contribution in [0.15, 0.2) is 18.3 Å². The summed E-state index contributed by atoms with van der Waals surface area (Å²) in [6.07, 6.45) is 5.71. The number of rotatable bonds is 3. The van der Waals surface area contributed by atoms with Crippen molar-refractivity contribution in [2.24, 2.45) is 0 Å². The van der Waals surface area contributed by atoms with E-state index in [1.165, 1.54) is 12.8 Å². The highest BCUT2D eigenvalue weighted by atomic mass is 16.5. The molecule has 0 spiro atoms. The molecule has 1 atom stereocenters. The first-order valence-electron chi connectivity index (χ1n) is 7.35. The normalized spacial score (nSPS) is 20.7. The standard InChI is InChI=1S/C15H22N4O/c1-11(2)18-8-5-4-6-13(18)15-17-16-14-10-12(20-3)7-9-19(14)15/h7,9-11,13H,4-6,8H2,1-3H3. The van der Waals surface area contributed by atoms with Gasteiger partial charge in [0.1, 0.15) is 5.75 Å². The van der Waals surface area contributed by atoms with Crippen molar-refractivity contribution < 1.29 is 4.74 Å². The van der Waals surface area contributed by atoms with Crippen LogP contribution in [0, 0.1) is 0 Å². The number of pyridine rings is 1. The van der Waals surface area contributed by atoms with Crippen molar-refractivity contribution >= 4 is 5.65 Å². The third kappa shape index (κ3) is 2.26. The molecule has 108 valence electrons. The molecule has 3 heterocycles. The first kappa shape index (κ1) is 13.4. The van der Waals surface area contributed by atoms with Crippen molar-refractivity contribution in [2.75, 3.05) is 13.7 Å². The molecule has 20 heavy (non-hydrogen) atoms. The summed E-state index contributed by atoms with van der Waals surface area (Å²) < 4.78 is 7.34. The fraction of sp³-hybridized carbons (Fsp3) is 0.600. The first-order chi connectivity index (χ1) is 9.70. The van der Waals surface area contributed by atoms with E-state index in [0.717, 1.165) is 30.2 Å². The number of piperidine rings is 1. The molecule has 2 aromatic rings. The van der Waals surface area contributed by atoms with E-state index in [1.54, 1.807) is 7.11 Å². The number of hydrogen-bond acceptors (Lipinski definition) is 4. The average molecular weight is 274 g/mol. The zero-order chi connectivity index (χ0) is 14.1. The number of methoxy groups -OCH3 is 1. The molecule has 5 nitrogen and oxygen atoms in total. The maximum atomic E-state index is 5.24. The molecule has 0 aliphatic carbocycles. The molecule has 1 aliphatic rings. The summed E-state index contributed by atoms with van der Waals surface area (Å²) in [5.41, 5.74) is 0.855. The number of fused-ring (bicyclic) bond motifs is 1. The summed E-state index contributed by atoms with van der Waals surface area (Å²) in [4.78, 5) is 2.53. The van der Waals surface area contributed by atoms with Crippen molar-refractivity contribution in [2.45, 2.75) is 45.2 Å². The lowest BCUT2D eigenvalue weighted by molar-refractivity contribution is 0.105. The fourth-order valence-electron chi connectivity index (χ4n) is 3.09. The predicted molar refractivity (Wildman–Crippen MR) is 78.0 cm³/mol. The molecule has 5 heteroatoms. The maximum absolute atomic E-state index is 5.24. The molecule has 1 saturated heterocycles. The van der Waals surface area contributed by atoms with Gasteiger partial charge in [-0.2, -0.15) is 0 Å². The minimum atomic E-state index is 0.368. The van der Waals surface area contributed by atoms with Crippen molar-refractivity contribution in [3.63, 3.8) is 0 Å². The van der Waals surface area contributed by atoms with Gasteiger partial charge in [-0.05, 0) is 39.3 Å². The predicted octanol–water partition coefficient (Wildman–Crippen LogP) is 2.67. The van der Waals surface area contributed by atoms with E-state index < -0.39 is 0 Å². The van der Waals surface area contributed by atoms with Crippen LogP contribution >= 0.6 is 0 Å². The maximum Gasteiger partial charge on any atom is 0.164 e. The van der Waals surface area contributed by atoms with Crippen LogP contribution < -0.4 is 4.74 Å². The van der Waals surface area contributed by atoms with E-state index in [9.17, 15) is 0 Å². The summed E-state index contributed by atoms with van der Waals surface area (Å²) in [6, 6.07) is 4.79. The van der Waals surface area contributed by atoms with E-state index in [4.69, 9.17) is 4.74 Å². The second-order valence-electron chi connectivity index (χ2n) is 5.70. The Kier molecular flexibility index (Phi) is 3.61. The van der Waals surface area contributed by atoms with Crippen LogP contribution in [0.2, 0.25) is 0 Å². The SMILES string of the molecule is COc1ccn2c(C3CCCCN3C(C)C)nnc2c1. The summed E-state index contributed by atoms with van der Waals surface area (Å²) in [7, 11) is 1.67. The number of ether oxygens (including phenoxy) is 1. The van der Waals surface area contributed by atoms with Crippen molar-refractivity contribution in [3.05, 3.63) is 24.2 Å². The number of nitrogens with zero attached hydrogens (tertiary/aromatic N) is 4. The van der Waals surface area contributed by atoms with Crippen LogP contribution in [0.4, 0.5) is 0 Å². The van der Waals surface area contributed by atoms with Gasteiger partial charge in [0.15, 0.2) is 11.5 Å². The minimum absolute atomic E-state index is 0.368.